The van der Waals surface area contributed by atoms with Gasteiger partial charge < -0.3 is 4.42 Å². The van der Waals surface area contributed by atoms with Crippen molar-refractivity contribution in [3.05, 3.63) is 59.9 Å². The van der Waals surface area contributed by atoms with Crippen LogP contribution >= 0.6 is 11.6 Å². The summed E-state index contributed by atoms with van der Waals surface area (Å²) in [4.78, 5) is 4.01. The summed E-state index contributed by atoms with van der Waals surface area (Å²) in [6, 6.07) is 13.2. The fourth-order valence-electron chi connectivity index (χ4n) is 2.10. The molecule has 0 bridgehead atoms. The average Bonchev–Trinajstić information content (AvgIpc) is 2.96. The lowest BCUT2D eigenvalue weighted by molar-refractivity contribution is 0.559. The SMILES string of the molecule is NS(=O)(=O)c1ccccc1-c1o[c]nc1-c1ccc(Cl)cc1. The number of hydrogen-bond acceptors (Lipinski definition) is 4. The van der Waals surface area contributed by atoms with Gasteiger partial charge in [0.15, 0.2) is 5.76 Å². The van der Waals surface area contributed by atoms with Gasteiger partial charge in [-0.3, -0.25) is 0 Å². The number of rotatable bonds is 3. The first kappa shape index (κ1) is 14.8. The van der Waals surface area contributed by atoms with Crippen LogP contribution < -0.4 is 5.14 Å². The lowest BCUT2D eigenvalue weighted by Gasteiger charge is -2.06. The smallest absolute Gasteiger partial charge is 0.284 e. The molecule has 1 radical (unpaired) electrons. The Bertz CT molecular complexity index is 918. The number of oxazole rings is 1. The number of primary sulfonamides is 1. The fourth-order valence-corrected chi connectivity index (χ4v) is 2.96. The first-order valence-electron chi connectivity index (χ1n) is 6.22. The summed E-state index contributed by atoms with van der Waals surface area (Å²) in [5.74, 6) is 0.284. The van der Waals surface area contributed by atoms with Gasteiger partial charge in [0.1, 0.15) is 5.69 Å². The van der Waals surface area contributed by atoms with E-state index < -0.39 is 10.0 Å². The van der Waals surface area contributed by atoms with Gasteiger partial charge >= 0.3 is 0 Å². The molecule has 0 aliphatic carbocycles. The maximum atomic E-state index is 11.7. The second-order valence-corrected chi connectivity index (χ2v) is 6.50. The summed E-state index contributed by atoms with van der Waals surface area (Å²) in [5.41, 5.74) is 1.53. The Kier molecular flexibility index (Phi) is 3.74. The number of benzene rings is 2. The van der Waals surface area contributed by atoms with E-state index in [0.717, 1.165) is 5.56 Å². The second kappa shape index (κ2) is 5.57. The molecule has 1 heterocycles. The molecule has 3 aromatic rings. The minimum absolute atomic E-state index is 0.0321. The van der Waals surface area contributed by atoms with Crippen molar-refractivity contribution in [3.8, 4) is 22.6 Å². The Labute approximate surface area is 132 Å². The molecule has 22 heavy (non-hydrogen) atoms. The third-order valence-corrected chi connectivity index (χ3v) is 4.30. The maximum absolute atomic E-state index is 11.7. The van der Waals surface area contributed by atoms with Gasteiger partial charge in [0, 0.05) is 16.1 Å². The Hall–Kier alpha value is -2.15. The topological polar surface area (TPSA) is 86.2 Å². The zero-order chi connectivity index (χ0) is 15.7. The van der Waals surface area contributed by atoms with Gasteiger partial charge in [-0.05, 0) is 24.3 Å². The van der Waals surface area contributed by atoms with Gasteiger partial charge in [0.2, 0.25) is 10.0 Å². The van der Waals surface area contributed by atoms with Crippen molar-refractivity contribution in [2.75, 3.05) is 0 Å². The summed E-state index contributed by atoms with van der Waals surface area (Å²) in [7, 11) is -3.89. The summed E-state index contributed by atoms with van der Waals surface area (Å²) in [6.45, 7) is 0. The molecule has 0 saturated heterocycles. The molecule has 0 aliphatic rings. The number of sulfonamides is 1. The van der Waals surface area contributed by atoms with Crippen LogP contribution in [-0.4, -0.2) is 13.4 Å². The lowest BCUT2D eigenvalue weighted by Crippen LogP contribution is -2.13. The monoisotopic (exact) mass is 333 g/mol. The molecule has 0 atom stereocenters. The molecule has 1 aromatic heterocycles. The van der Waals surface area contributed by atoms with Gasteiger partial charge in [-0.2, -0.15) is 0 Å². The lowest BCUT2D eigenvalue weighted by atomic mass is 10.1. The molecule has 2 aromatic carbocycles. The summed E-state index contributed by atoms with van der Waals surface area (Å²) in [5, 5.41) is 5.84. The van der Waals surface area contributed by atoms with Crippen LogP contribution in [0, 0.1) is 6.39 Å². The molecule has 0 fully saturated rings. The zero-order valence-corrected chi connectivity index (χ0v) is 12.7. The number of aromatic nitrogens is 1. The van der Waals surface area contributed by atoms with E-state index in [9.17, 15) is 8.42 Å². The molecule has 2 N–H and O–H groups in total. The van der Waals surface area contributed by atoms with E-state index in [1.54, 1.807) is 42.5 Å². The molecule has 7 heteroatoms. The van der Waals surface area contributed by atoms with Crippen molar-refractivity contribution in [1.82, 2.24) is 4.98 Å². The fraction of sp³-hybridized carbons (Fsp3) is 0. The highest BCUT2D eigenvalue weighted by Crippen LogP contribution is 2.34. The van der Waals surface area contributed by atoms with Crippen molar-refractivity contribution in [2.45, 2.75) is 4.90 Å². The van der Waals surface area contributed by atoms with Crippen molar-refractivity contribution in [3.63, 3.8) is 0 Å². The molecule has 0 amide bonds. The van der Waals surface area contributed by atoms with Crippen molar-refractivity contribution >= 4 is 21.6 Å². The first-order valence-corrected chi connectivity index (χ1v) is 8.14. The van der Waals surface area contributed by atoms with E-state index >= 15 is 0 Å². The standard InChI is InChI=1S/C15H10ClN2O3S/c16-11-7-5-10(6-8-11)14-15(21-9-18-14)12-3-1-2-4-13(12)22(17,19)20/h1-8H,(H2,17,19,20). The van der Waals surface area contributed by atoms with Crippen LogP contribution in [0.15, 0.2) is 57.8 Å². The zero-order valence-electron chi connectivity index (χ0n) is 11.2. The van der Waals surface area contributed by atoms with Crippen LogP contribution in [0.1, 0.15) is 0 Å². The maximum Gasteiger partial charge on any atom is 0.284 e. The summed E-state index contributed by atoms with van der Waals surface area (Å²) in [6.07, 6.45) is 2.39. The van der Waals surface area contributed by atoms with Gasteiger partial charge in [-0.25, -0.2) is 18.5 Å². The molecule has 0 unspecified atom stereocenters. The molecule has 0 saturated carbocycles. The summed E-state index contributed by atoms with van der Waals surface area (Å²) < 4.78 is 28.7. The highest BCUT2D eigenvalue weighted by Gasteiger charge is 2.21. The third kappa shape index (κ3) is 2.76. The van der Waals surface area contributed by atoms with Crippen LogP contribution in [-0.2, 0) is 10.0 Å². The molecular weight excluding hydrogens is 324 g/mol. The number of hydrogen-bond donors (Lipinski definition) is 1. The Balaban J connectivity index is 2.20. The van der Waals surface area contributed by atoms with Crippen LogP contribution in [0.2, 0.25) is 5.02 Å². The number of nitrogens with two attached hydrogens (primary N) is 1. The van der Waals surface area contributed by atoms with Gasteiger partial charge in [-0.15, -0.1) is 0 Å². The van der Waals surface area contributed by atoms with Gasteiger partial charge in [0.25, 0.3) is 6.39 Å². The molecule has 0 aliphatic heterocycles. The van der Waals surface area contributed by atoms with Crippen LogP contribution in [0.25, 0.3) is 22.6 Å². The highest BCUT2D eigenvalue weighted by molar-refractivity contribution is 7.89. The normalized spacial score (nSPS) is 11.5. The summed E-state index contributed by atoms with van der Waals surface area (Å²) >= 11 is 5.87. The quantitative estimate of drug-likeness (QED) is 0.797. The van der Waals surface area contributed by atoms with E-state index in [1.165, 1.54) is 6.07 Å². The molecule has 111 valence electrons. The van der Waals surface area contributed by atoms with Crippen molar-refractivity contribution < 1.29 is 12.8 Å². The van der Waals surface area contributed by atoms with E-state index in [2.05, 4.69) is 11.4 Å². The Morgan fingerprint density at radius 2 is 1.77 bits per heavy atom. The van der Waals surface area contributed by atoms with Crippen LogP contribution in [0.4, 0.5) is 0 Å². The van der Waals surface area contributed by atoms with Crippen LogP contribution in [0.5, 0.6) is 0 Å². The van der Waals surface area contributed by atoms with Crippen molar-refractivity contribution in [2.24, 2.45) is 5.14 Å². The average molecular weight is 334 g/mol. The number of halogens is 1. The molecular formula is C15H10ClN2O3S. The predicted octanol–water partition coefficient (Wildman–Crippen LogP) is 3.11. The number of nitrogens with zero attached hydrogens (tertiary/aromatic N) is 1. The van der Waals surface area contributed by atoms with Gasteiger partial charge in [-0.1, -0.05) is 35.9 Å². The minimum Gasteiger partial charge on any atom is -0.432 e. The molecule has 0 spiro atoms. The van der Waals surface area contributed by atoms with Crippen LogP contribution in [0.3, 0.4) is 0 Å². The first-order chi connectivity index (χ1) is 10.5. The van der Waals surface area contributed by atoms with E-state index in [-0.39, 0.29) is 10.7 Å². The van der Waals surface area contributed by atoms with Crippen molar-refractivity contribution in [1.29, 1.82) is 0 Å². The third-order valence-electron chi connectivity index (χ3n) is 3.08. The Morgan fingerprint density at radius 1 is 1.09 bits per heavy atom. The Morgan fingerprint density at radius 3 is 2.45 bits per heavy atom. The molecule has 5 nitrogen and oxygen atoms in total. The highest BCUT2D eigenvalue weighted by atomic mass is 35.5. The van der Waals surface area contributed by atoms with E-state index in [0.29, 0.717) is 16.3 Å². The van der Waals surface area contributed by atoms with E-state index in [4.69, 9.17) is 21.2 Å². The largest absolute Gasteiger partial charge is 0.432 e. The minimum atomic E-state index is -3.89. The second-order valence-electron chi connectivity index (χ2n) is 4.53. The predicted molar refractivity (Wildman–Crippen MR) is 82.6 cm³/mol. The van der Waals surface area contributed by atoms with Gasteiger partial charge in [0.05, 0.1) is 4.90 Å². The van der Waals surface area contributed by atoms with E-state index in [1.807, 2.05) is 0 Å². The molecule has 3 rings (SSSR count).